The van der Waals surface area contributed by atoms with Gasteiger partial charge in [-0.3, -0.25) is 9.59 Å². The summed E-state index contributed by atoms with van der Waals surface area (Å²) in [5, 5.41) is 2.87. The van der Waals surface area contributed by atoms with Crippen LogP contribution in [-0.4, -0.2) is 36.4 Å². The molecule has 1 saturated heterocycles. The van der Waals surface area contributed by atoms with Crippen LogP contribution >= 0.6 is 15.9 Å². The molecule has 1 aliphatic rings. The number of carbonyl (C=O) groups is 2. The van der Waals surface area contributed by atoms with Crippen molar-refractivity contribution in [3.63, 3.8) is 0 Å². The van der Waals surface area contributed by atoms with Crippen molar-refractivity contribution >= 4 is 27.7 Å². The standard InChI is InChI=1S/C22H24BrFN2O3/c23-18-12-16(13-19(24)14-18)15-25-22(28)17-6-9-26(10-7-17)21(27)8-11-29-20-4-2-1-3-5-20/h1-5,12-14,17H,6-11,15H2,(H,25,28). The minimum Gasteiger partial charge on any atom is -0.493 e. The van der Waals surface area contributed by atoms with Gasteiger partial charge in [0.1, 0.15) is 11.6 Å². The summed E-state index contributed by atoms with van der Waals surface area (Å²) in [6.07, 6.45) is 1.58. The highest BCUT2D eigenvalue weighted by molar-refractivity contribution is 9.10. The molecule has 0 atom stereocenters. The first kappa shape index (κ1) is 21.3. The van der Waals surface area contributed by atoms with Gasteiger partial charge in [-0.2, -0.15) is 0 Å². The minimum absolute atomic E-state index is 0.0457. The van der Waals surface area contributed by atoms with Crippen LogP contribution in [0.15, 0.2) is 53.0 Å². The average molecular weight is 463 g/mol. The molecule has 7 heteroatoms. The maximum absolute atomic E-state index is 13.4. The molecule has 29 heavy (non-hydrogen) atoms. The smallest absolute Gasteiger partial charge is 0.225 e. The molecule has 0 spiro atoms. The topological polar surface area (TPSA) is 58.6 Å². The van der Waals surface area contributed by atoms with Crippen molar-refractivity contribution < 1.29 is 18.7 Å². The minimum atomic E-state index is -0.341. The lowest BCUT2D eigenvalue weighted by atomic mass is 9.95. The highest BCUT2D eigenvalue weighted by Crippen LogP contribution is 2.19. The van der Waals surface area contributed by atoms with Gasteiger partial charge in [-0.15, -0.1) is 0 Å². The van der Waals surface area contributed by atoms with Crippen molar-refractivity contribution in [2.24, 2.45) is 5.92 Å². The van der Waals surface area contributed by atoms with Crippen molar-refractivity contribution in [1.82, 2.24) is 10.2 Å². The quantitative estimate of drug-likeness (QED) is 0.678. The van der Waals surface area contributed by atoms with Crippen LogP contribution in [0.5, 0.6) is 5.75 Å². The van der Waals surface area contributed by atoms with Crippen LogP contribution < -0.4 is 10.1 Å². The lowest BCUT2D eigenvalue weighted by Gasteiger charge is -2.31. The van der Waals surface area contributed by atoms with E-state index < -0.39 is 0 Å². The third kappa shape index (κ3) is 6.56. The predicted molar refractivity (Wildman–Crippen MR) is 112 cm³/mol. The maximum atomic E-state index is 13.4. The van der Waals surface area contributed by atoms with Crippen LogP contribution in [-0.2, 0) is 16.1 Å². The Morgan fingerprint density at radius 1 is 1.14 bits per heavy atom. The monoisotopic (exact) mass is 462 g/mol. The number of hydrogen-bond acceptors (Lipinski definition) is 3. The third-order valence-electron chi connectivity index (χ3n) is 4.94. The van der Waals surface area contributed by atoms with Crippen molar-refractivity contribution in [3.8, 4) is 5.75 Å². The Morgan fingerprint density at radius 2 is 1.86 bits per heavy atom. The van der Waals surface area contributed by atoms with E-state index in [9.17, 15) is 14.0 Å². The molecule has 0 bridgehead atoms. The van der Waals surface area contributed by atoms with Crippen LogP contribution in [0, 0.1) is 11.7 Å². The number of para-hydroxylation sites is 1. The van der Waals surface area contributed by atoms with Gasteiger partial charge in [0.25, 0.3) is 0 Å². The first-order valence-corrected chi connectivity index (χ1v) is 10.5. The first-order valence-electron chi connectivity index (χ1n) is 9.69. The Balaban J connectivity index is 1.37. The molecular weight excluding hydrogens is 439 g/mol. The van der Waals surface area contributed by atoms with E-state index in [1.165, 1.54) is 12.1 Å². The van der Waals surface area contributed by atoms with E-state index in [1.54, 1.807) is 11.0 Å². The number of benzene rings is 2. The second-order valence-electron chi connectivity index (χ2n) is 7.06. The van der Waals surface area contributed by atoms with E-state index in [1.807, 2.05) is 30.3 Å². The number of likely N-dealkylation sites (tertiary alicyclic amines) is 1. The number of amides is 2. The van der Waals surface area contributed by atoms with E-state index in [0.717, 1.165) is 5.75 Å². The fraction of sp³-hybridized carbons (Fsp3) is 0.364. The number of piperidine rings is 1. The van der Waals surface area contributed by atoms with Crippen LogP contribution in [0.1, 0.15) is 24.8 Å². The van der Waals surface area contributed by atoms with Gasteiger partial charge in [0.15, 0.2) is 0 Å². The fourth-order valence-corrected chi connectivity index (χ4v) is 3.88. The summed E-state index contributed by atoms with van der Waals surface area (Å²) in [5.41, 5.74) is 0.705. The van der Waals surface area contributed by atoms with Gasteiger partial charge >= 0.3 is 0 Å². The third-order valence-corrected chi connectivity index (χ3v) is 5.39. The molecule has 2 aromatic rings. The van der Waals surface area contributed by atoms with Gasteiger partial charge in [-0.25, -0.2) is 4.39 Å². The summed E-state index contributed by atoms with van der Waals surface area (Å²) in [5.74, 6) is 0.276. The first-order chi connectivity index (χ1) is 14.0. The van der Waals surface area contributed by atoms with Gasteiger partial charge in [-0.05, 0) is 48.7 Å². The largest absolute Gasteiger partial charge is 0.493 e. The second kappa shape index (κ2) is 10.4. The van der Waals surface area contributed by atoms with Crippen molar-refractivity contribution in [1.29, 1.82) is 0 Å². The number of hydrogen-bond donors (Lipinski definition) is 1. The molecule has 0 radical (unpaired) electrons. The Bertz CT molecular complexity index is 819. The molecule has 1 fully saturated rings. The second-order valence-corrected chi connectivity index (χ2v) is 7.98. The molecule has 5 nitrogen and oxygen atoms in total. The summed E-state index contributed by atoms with van der Waals surface area (Å²) in [6, 6.07) is 14.0. The molecule has 3 rings (SSSR count). The number of nitrogens with zero attached hydrogens (tertiary/aromatic N) is 1. The molecule has 1 aliphatic heterocycles. The fourth-order valence-electron chi connectivity index (χ4n) is 3.37. The van der Waals surface area contributed by atoms with Crippen LogP contribution in [0.2, 0.25) is 0 Å². The van der Waals surface area contributed by atoms with Crippen molar-refractivity contribution in [2.45, 2.75) is 25.8 Å². The zero-order valence-electron chi connectivity index (χ0n) is 16.1. The Morgan fingerprint density at radius 3 is 2.55 bits per heavy atom. The lowest BCUT2D eigenvalue weighted by Crippen LogP contribution is -2.43. The van der Waals surface area contributed by atoms with Gasteiger partial charge in [0, 0.05) is 30.0 Å². The van der Waals surface area contributed by atoms with E-state index in [0.29, 0.717) is 49.0 Å². The summed E-state index contributed by atoms with van der Waals surface area (Å²) >= 11 is 3.25. The SMILES string of the molecule is O=C(NCc1cc(F)cc(Br)c1)C1CCN(C(=O)CCOc2ccccc2)CC1. The summed E-state index contributed by atoms with van der Waals surface area (Å²) in [4.78, 5) is 26.5. The Hall–Kier alpha value is -2.41. The number of rotatable bonds is 7. The number of ether oxygens (including phenoxy) is 1. The van der Waals surface area contributed by atoms with E-state index >= 15 is 0 Å². The van der Waals surface area contributed by atoms with E-state index in [-0.39, 0.29) is 30.1 Å². The molecule has 0 aromatic heterocycles. The molecule has 2 aromatic carbocycles. The molecule has 0 aliphatic carbocycles. The highest BCUT2D eigenvalue weighted by atomic mass is 79.9. The molecule has 0 unspecified atom stereocenters. The molecule has 154 valence electrons. The normalized spacial score (nSPS) is 14.5. The van der Waals surface area contributed by atoms with E-state index in [2.05, 4.69) is 21.2 Å². The predicted octanol–water partition coefficient (Wildman–Crippen LogP) is 3.91. The van der Waals surface area contributed by atoms with Crippen LogP contribution in [0.4, 0.5) is 4.39 Å². The summed E-state index contributed by atoms with van der Waals surface area (Å²) < 4.78 is 19.6. The van der Waals surface area contributed by atoms with Gasteiger partial charge < -0.3 is 15.0 Å². The maximum Gasteiger partial charge on any atom is 0.225 e. The van der Waals surface area contributed by atoms with Crippen molar-refractivity contribution in [3.05, 3.63) is 64.4 Å². The van der Waals surface area contributed by atoms with Gasteiger partial charge in [0.2, 0.25) is 11.8 Å². The van der Waals surface area contributed by atoms with E-state index in [4.69, 9.17) is 4.74 Å². The van der Waals surface area contributed by atoms with Crippen LogP contribution in [0.25, 0.3) is 0 Å². The number of carbonyl (C=O) groups excluding carboxylic acids is 2. The lowest BCUT2D eigenvalue weighted by molar-refractivity contribution is -0.136. The molecule has 0 saturated carbocycles. The number of halogens is 2. The zero-order valence-corrected chi connectivity index (χ0v) is 17.7. The Kier molecular flexibility index (Phi) is 7.63. The van der Waals surface area contributed by atoms with Gasteiger partial charge in [-0.1, -0.05) is 34.1 Å². The average Bonchev–Trinajstić information content (AvgIpc) is 2.72. The van der Waals surface area contributed by atoms with Crippen molar-refractivity contribution in [2.75, 3.05) is 19.7 Å². The summed E-state index contributed by atoms with van der Waals surface area (Å²) in [6.45, 7) is 1.75. The molecule has 2 amide bonds. The molecule has 1 heterocycles. The molecular formula is C22H24BrFN2O3. The van der Waals surface area contributed by atoms with Crippen LogP contribution in [0.3, 0.4) is 0 Å². The number of nitrogens with one attached hydrogen (secondary N) is 1. The van der Waals surface area contributed by atoms with Gasteiger partial charge in [0.05, 0.1) is 13.0 Å². The highest BCUT2D eigenvalue weighted by Gasteiger charge is 2.27. The zero-order chi connectivity index (χ0) is 20.6. The Labute approximate surface area is 178 Å². The molecule has 1 N–H and O–H groups in total. The summed E-state index contributed by atoms with van der Waals surface area (Å²) in [7, 11) is 0.